The summed E-state index contributed by atoms with van der Waals surface area (Å²) in [5, 5.41) is 2.90. The Labute approximate surface area is 142 Å². The SMILES string of the molecule is CC(CC(=O)NCCc1ccc(N)cc1)c1cccc(F)c1.Cl. The zero-order chi connectivity index (χ0) is 15.9. The third-order valence-electron chi connectivity index (χ3n) is 3.62. The minimum absolute atomic E-state index is 0. The van der Waals surface area contributed by atoms with Crippen molar-refractivity contribution >= 4 is 24.0 Å². The van der Waals surface area contributed by atoms with Crippen LogP contribution < -0.4 is 11.1 Å². The third kappa shape index (κ3) is 6.28. The molecule has 1 atom stereocenters. The van der Waals surface area contributed by atoms with Crippen LogP contribution in [0.2, 0.25) is 0 Å². The fourth-order valence-corrected chi connectivity index (χ4v) is 2.31. The lowest BCUT2D eigenvalue weighted by molar-refractivity contribution is -0.121. The topological polar surface area (TPSA) is 55.1 Å². The summed E-state index contributed by atoms with van der Waals surface area (Å²) in [5.74, 6) is -0.299. The number of nitrogens with two attached hydrogens (primary N) is 1. The average Bonchev–Trinajstić information content (AvgIpc) is 2.49. The summed E-state index contributed by atoms with van der Waals surface area (Å²) < 4.78 is 13.2. The fraction of sp³-hybridized carbons (Fsp3) is 0.278. The normalized spacial score (nSPS) is 11.4. The summed E-state index contributed by atoms with van der Waals surface area (Å²) in [6.07, 6.45) is 1.12. The minimum atomic E-state index is -0.270. The standard InChI is InChI=1S/C18H21FN2O.ClH/c1-13(15-3-2-4-16(19)12-15)11-18(22)21-10-9-14-5-7-17(20)8-6-14;/h2-8,12-13H,9-11,20H2,1H3,(H,21,22);1H. The highest BCUT2D eigenvalue weighted by Crippen LogP contribution is 2.19. The molecule has 1 amide bonds. The second-order valence-corrected chi connectivity index (χ2v) is 5.50. The number of benzene rings is 2. The Hall–Kier alpha value is -2.07. The summed E-state index contributed by atoms with van der Waals surface area (Å²) in [6, 6.07) is 14.0. The van der Waals surface area contributed by atoms with Crippen LogP contribution in [0.25, 0.3) is 0 Å². The van der Waals surface area contributed by atoms with Crippen molar-refractivity contribution in [3.63, 3.8) is 0 Å². The molecule has 0 heterocycles. The molecule has 23 heavy (non-hydrogen) atoms. The molecule has 5 heteroatoms. The van der Waals surface area contributed by atoms with Crippen molar-refractivity contribution in [2.45, 2.75) is 25.7 Å². The monoisotopic (exact) mass is 336 g/mol. The highest BCUT2D eigenvalue weighted by Gasteiger charge is 2.11. The van der Waals surface area contributed by atoms with Gasteiger partial charge in [0.05, 0.1) is 0 Å². The Kier molecular flexibility index (Phi) is 7.55. The number of hydrogen-bond donors (Lipinski definition) is 2. The summed E-state index contributed by atoms with van der Waals surface area (Å²) in [6.45, 7) is 2.51. The molecule has 0 saturated heterocycles. The fourth-order valence-electron chi connectivity index (χ4n) is 2.31. The number of halogens is 2. The third-order valence-corrected chi connectivity index (χ3v) is 3.62. The van der Waals surface area contributed by atoms with Crippen LogP contribution in [0.5, 0.6) is 0 Å². The van der Waals surface area contributed by atoms with Crippen LogP contribution >= 0.6 is 12.4 Å². The van der Waals surface area contributed by atoms with Crippen LogP contribution in [0.1, 0.15) is 30.4 Å². The molecule has 2 rings (SSSR count). The van der Waals surface area contributed by atoms with Gasteiger partial charge in [-0.25, -0.2) is 4.39 Å². The van der Waals surface area contributed by atoms with E-state index in [2.05, 4.69) is 5.32 Å². The molecule has 0 aliphatic heterocycles. The van der Waals surface area contributed by atoms with E-state index in [0.29, 0.717) is 13.0 Å². The lowest BCUT2D eigenvalue weighted by atomic mass is 9.97. The van der Waals surface area contributed by atoms with Crippen LogP contribution in [0, 0.1) is 5.82 Å². The van der Waals surface area contributed by atoms with Crippen molar-refractivity contribution in [3.05, 3.63) is 65.5 Å². The van der Waals surface area contributed by atoms with E-state index in [9.17, 15) is 9.18 Å². The largest absolute Gasteiger partial charge is 0.399 e. The van der Waals surface area contributed by atoms with Crippen LogP contribution in [-0.4, -0.2) is 12.5 Å². The van der Waals surface area contributed by atoms with Crippen LogP contribution in [-0.2, 0) is 11.2 Å². The van der Waals surface area contributed by atoms with Crippen molar-refractivity contribution in [1.82, 2.24) is 5.32 Å². The Morgan fingerprint density at radius 1 is 1.22 bits per heavy atom. The lowest BCUT2D eigenvalue weighted by Gasteiger charge is -2.12. The van der Waals surface area contributed by atoms with Crippen LogP contribution in [0.15, 0.2) is 48.5 Å². The molecule has 2 aromatic rings. The first-order valence-corrected chi connectivity index (χ1v) is 7.41. The van der Waals surface area contributed by atoms with Gasteiger partial charge in [0.1, 0.15) is 5.82 Å². The maximum Gasteiger partial charge on any atom is 0.220 e. The maximum absolute atomic E-state index is 13.2. The van der Waals surface area contributed by atoms with Gasteiger partial charge in [0.15, 0.2) is 0 Å². The van der Waals surface area contributed by atoms with Crippen LogP contribution in [0.3, 0.4) is 0 Å². The summed E-state index contributed by atoms with van der Waals surface area (Å²) in [4.78, 5) is 11.9. The Morgan fingerprint density at radius 2 is 1.91 bits per heavy atom. The average molecular weight is 337 g/mol. The van der Waals surface area contributed by atoms with Gasteiger partial charge in [0.2, 0.25) is 5.91 Å². The number of hydrogen-bond acceptors (Lipinski definition) is 2. The number of nitrogen functional groups attached to an aromatic ring is 1. The predicted molar refractivity (Wildman–Crippen MR) is 94.2 cm³/mol. The van der Waals surface area contributed by atoms with Gasteiger partial charge in [-0.05, 0) is 47.7 Å². The van der Waals surface area contributed by atoms with Gasteiger partial charge in [-0.1, -0.05) is 31.2 Å². The molecule has 1 unspecified atom stereocenters. The highest BCUT2D eigenvalue weighted by atomic mass is 35.5. The Bertz CT molecular complexity index is 631. The smallest absolute Gasteiger partial charge is 0.220 e. The van der Waals surface area contributed by atoms with Gasteiger partial charge in [-0.15, -0.1) is 12.4 Å². The Balaban J connectivity index is 0.00000264. The van der Waals surface area contributed by atoms with Crippen LogP contribution in [0.4, 0.5) is 10.1 Å². The molecule has 0 aliphatic rings. The van der Waals surface area contributed by atoms with Gasteiger partial charge in [-0.3, -0.25) is 4.79 Å². The first kappa shape index (κ1) is 19.0. The number of nitrogens with one attached hydrogen (secondary N) is 1. The molecule has 0 saturated carbocycles. The maximum atomic E-state index is 13.2. The quantitative estimate of drug-likeness (QED) is 0.790. The first-order valence-electron chi connectivity index (χ1n) is 7.41. The van der Waals surface area contributed by atoms with Gasteiger partial charge in [-0.2, -0.15) is 0 Å². The molecule has 2 aromatic carbocycles. The predicted octanol–water partition coefficient (Wildman–Crippen LogP) is 3.68. The lowest BCUT2D eigenvalue weighted by Crippen LogP contribution is -2.26. The number of carbonyl (C=O) groups is 1. The zero-order valence-corrected chi connectivity index (χ0v) is 13.9. The number of anilines is 1. The molecule has 0 radical (unpaired) electrons. The van der Waals surface area contributed by atoms with Gasteiger partial charge in [0.25, 0.3) is 0 Å². The minimum Gasteiger partial charge on any atom is -0.399 e. The van der Waals surface area contributed by atoms with E-state index >= 15 is 0 Å². The summed E-state index contributed by atoms with van der Waals surface area (Å²) in [7, 11) is 0. The zero-order valence-electron chi connectivity index (χ0n) is 13.1. The first-order chi connectivity index (χ1) is 10.5. The molecular formula is C18H22ClFN2O. The van der Waals surface area contributed by atoms with E-state index in [1.165, 1.54) is 12.1 Å². The number of carbonyl (C=O) groups excluding carboxylic acids is 1. The van der Waals surface area contributed by atoms with Gasteiger partial charge >= 0.3 is 0 Å². The number of rotatable bonds is 6. The van der Waals surface area contributed by atoms with E-state index in [1.54, 1.807) is 6.07 Å². The van der Waals surface area contributed by atoms with E-state index in [1.807, 2.05) is 37.3 Å². The van der Waals surface area contributed by atoms with E-state index in [4.69, 9.17) is 5.73 Å². The van der Waals surface area contributed by atoms with Crippen molar-refractivity contribution < 1.29 is 9.18 Å². The van der Waals surface area contributed by atoms with Gasteiger partial charge < -0.3 is 11.1 Å². The molecule has 0 spiro atoms. The van der Waals surface area contributed by atoms with Crippen molar-refractivity contribution in [1.29, 1.82) is 0 Å². The summed E-state index contributed by atoms with van der Waals surface area (Å²) >= 11 is 0. The van der Waals surface area contributed by atoms with Gasteiger partial charge in [0, 0.05) is 18.7 Å². The van der Waals surface area contributed by atoms with E-state index < -0.39 is 0 Å². The molecule has 124 valence electrons. The molecular weight excluding hydrogens is 315 g/mol. The Morgan fingerprint density at radius 3 is 2.57 bits per heavy atom. The highest BCUT2D eigenvalue weighted by molar-refractivity contribution is 5.85. The van der Waals surface area contributed by atoms with Crippen molar-refractivity contribution in [2.75, 3.05) is 12.3 Å². The van der Waals surface area contributed by atoms with Crippen molar-refractivity contribution in [3.8, 4) is 0 Å². The molecule has 3 N–H and O–H groups in total. The molecule has 3 nitrogen and oxygen atoms in total. The summed E-state index contributed by atoms with van der Waals surface area (Å²) in [5.41, 5.74) is 8.33. The molecule has 0 aliphatic carbocycles. The van der Waals surface area contributed by atoms with E-state index in [-0.39, 0.29) is 30.0 Å². The molecule has 0 aromatic heterocycles. The van der Waals surface area contributed by atoms with E-state index in [0.717, 1.165) is 23.2 Å². The molecule has 0 fully saturated rings. The molecule has 0 bridgehead atoms. The second-order valence-electron chi connectivity index (χ2n) is 5.50. The van der Waals surface area contributed by atoms with Crippen molar-refractivity contribution in [2.24, 2.45) is 0 Å². The second kappa shape index (κ2) is 9.16. The number of amides is 1.